The van der Waals surface area contributed by atoms with E-state index >= 15 is 0 Å². The number of rotatable bonds is 6. The normalized spacial score (nSPS) is 12.1. The van der Waals surface area contributed by atoms with Gasteiger partial charge in [-0.15, -0.1) is 0 Å². The first-order valence-electron chi connectivity index (χ1n) is 8.36. The number of hydrogen-bond donors (Lipinski definition) is 1. The van der Waals surface area contributed by atoms with E-state index < -0.39 is 0 Å². The van der Waals surface area contributed by atoms with Crippen LogP contribution in [0.2, 0.25) is 0 Å². The Morgan fingerprint density at radius 3 is 2.73 bits per heavy atom. The first kappa shape index (κ1) is 17.5. The number of nitrogens with zero attached hydrogens (tertiary/aromatic N) is 2. The summed E-state index contributed by atoms with van der Waals surface area (Å²) in [5, 5.41) is 2.97. The number of imidazole rings is 1. The average molecular weight is 347 g/mol. The minimum atomic E-state index is -0.140. The minimum absolute atomic E-state index is 0.0886. The van der Waals surface area contributed by atoms with Crippen LogP contribution in [0.4, 0.5) is 0 Å². The van der Waals surface area contributed by atoms with Gasteiger partial charge in [-0.05, 0) is 48.4 Å². The highest BCUT2D eigenvalue weighted by Crippen LogP contribution is 2.16. The van der Waals surface area contributed by atoms with Crippen molar-refractivity contribution in [3.8, 4) is 11.4 Å². The van der Waals surface area contributed by atoms with Gasteiger partial charge in [-0.3, -0.25) is 4.79 Å². The second kappa shape index (κ2) is 8.16. The lowest BCUT2D eigenvalue weighted by Gasteiger charge is -2.13. The maximum atomic E-state index is 12.2. The number of benzene rings is 2. The van der Waals surface area contributed by atoms with Crippen molar-refractivity contribution < 1.29 is 9.53 Å². The summed E-state index contributed by atoms with van der Waals surface area (Å²) in [5.41, 5.74) is 2.98. The summed E-state index contributed by atoms with van der Waals surface area (Å²) in [6, 6.07) is 15.5. The van der Waals surface area contributed by atoms with E-state index in [0.717, 1.165) is 22.6 Å². The van der Waals surface area contributed by atoms with Crippen LogP contribution in [0.1, 0.15) is 24.1 Å². The Kier molecular flexibility index (Phi) is 5.49. The van der Waals surface area contributed by atoms with E-state index in [0.29, 0.717) is 0 Å². The zero-order chi connectivity index (χ0) is 18.4. The van der Waals surface area contributed by atoms with Crippen molar-refractivity contribution in [1.82, 2.24) is 14.9 Å². The summed E-state index contributed by atoms with van der Waals surface area (Å²) >= 11 is 0. The number of carbonyl (C=O) groups is 1. The predicted molar refractivity (Wildman–Crippen MR) is 102 cm³/mol. The fourth-order valence-electron chi connectivity index (χ4n) is 2.61. The summed E-state index contributed by atoms with van der Waals surface area (Å²) in [7, 11) is 1.62. The highest BCUT2D eigenvalue weighted by Gasteiger charge is 2.08. The maximum absolute atomic E-state index is 12.2. The number of methoxy groups -OCH3 is 1. The Morgan fingerprint density at radius 1 is 1.23 bits per heavy atom. The van der Waals surface area contributed by atoms with Gasteiger partial charge in [0.1, 0.15) is 5.75 Å². The Labute approximate surface area is 153 Å². The molecule has 1 atom stereocenters. The van der Waals surface area contributed by atoms with E-state index in [1.807, 2.05) is 66.2 Å². The molecular formula is C21H21N3O2. The third-order valence-electron chi connectivity index (χ3n) is 4.08. The standard InChI is InChI=1S/C21H21N3O2/c1-16(18-7-9-19(10-8-18)24-13-12-22-15-24)23-21(25)11-6-17-4-3-5-20(14-17)26-2/h3-16H,1-2H3,(H,23,25)/b11-6+. The molecule has 1 N–H and O–H groups in total. The lowest BCUT2D eigenvalue weighted by molar-refractivity contribution is -0.117. The molecule has 0 aliphatic heterocycles. The maximum Gasteiger partial charge on any atom is 0.244 e. The van der Waals surface area contributed by atoms with Crippen LogP contribution in [0, 0.1) is 0 Å². The molecule has 0 bridgehead atoms. The molecule has 1 aromatic heterocycles. The van der Waals surface area contributed by atoms with Gasteiger partial charge in [0.25, 0.3) is 0 Å². The third-order valence-corrected chi connectivity index (χ3v) is 4.08. The fraction of sp³-hybridized carbons (Fsp3) is 0.143. The van der Waals surface area contributed by atoms with E-state index in [1.54, 1.807) is 25.7 Å². The number of amides is 1. The zero-order valence-corrected chi connectivity index (χ0v) is 14.8. The quantitative estimate of drug-likeness (QED) is 0.691. The lowest BCUT2D eigenvalue weighted by Crippen LogP contribution is -2.24. The van der Waals surface area contributed by atoms with Gasteiger partial charge < -0.3 is 14.6 Å². The smallest absolute Gasteiger partial charge is 0.244 e. The van der Waals surface area contributed by atoms with E-state index in [4.69, 9.17) is 4.74 Å². The number of hydrogen-bond acceptors (Lipinski definition) is 3. The topological polar surface area (TPSA) is 56.1 Å². The van der Waals surface area contributed by atoms with Crippen molar-refractivity contribution in [1.29, 1.82) is 0 Å². The number of aromatic nitrogens is 2. The van der Waals surface area contributed by atoms with Crippen LogP contribution in [-0.4, -0.2) is 22.6 Å². The molecule has 0 radical (unpaired) electrons. The van der Waals surface area contributed by atoms with E-state index in [-0.39, 0.29) is 11.9 Å². The van der Waals surface area contributed by atoms with E-state index in [9.17, 15) is 4.79 Å². The summed E-state index contributed by atoms with van der Waals surface area (Å²) in [5.74, 6) is 0.623. The minimum Gasteiger partial charge on any atom is -0.497 e. The molecule has 132 valence electrons. The summed E-state index contributed by atoms with van der Waals surface area (Å²) in [6.07, 6.45) is 8.69. The Hall–Kier alpha value is -3.34. The third kappa shape index (κ3) is 4.39. The fourth-order valence-corrected chi connectivity index (χ4v) is 2.61. The molecule has 0 fully saturated rings. The van der Waals surface area contributed by atoms with Gasteiger partial charge in [-0.25, -0.2) is 4.98 Å². The van der Waals surface area contributed by atoms with Gasteiger partial charge in [-0.1, -0.05) is 24.3 Å². The molecule has 3 rings (SSSR count). The molecule has 0 aliphatic rings. The number of carbonyl (C=O) groups excluding carboxylic acids is 1. The van der Waals surface area contributed by atoms with E-state index in [1.165, 1.54) is 6.08 Å². The first-order valence-corrected chi connectivity index (χ1v) is 8.36. The molecule has 2 aromatic carbocycles. The van der Waals surface area contributed by atoms with Crippen molar-refractivity contribution in [2.75, 3.05) is 7.11 Å². The lowest BCUT2D eigenvalue weighted by atomic mass is 10.1. The van der Waals surface area contributed by atoms with Gasteiger partial charge in [0.05, 0.1) is 19.5 Å². The Balaban J connectivity index is 1.60. The van der Waals surface area contributed by atoms with Crippen LogP contribution < -0.4 is 10.1 Å². The molecule has 3 aromatic rings. The molecule has 1 heterocycles. The van der Waals surface area contributed by atoms with Crippen LogP contribution in [0.3, 0.4) is 0 Å². The summed E-state index contributed by atoms with van der Waals surface area (Å²) in [6.45, 7) is 1.96. The SMILES string of the molecule is COc1cccc(/C=C/C(=O)NC(C)c2ccc(-n3ccnc3)cc2)c1. The first-order chi connectivity index (χ1) is 12.7. The van der Waals surface area contributed by atoms with E-state index in [2.05, 4.69) is 10.3 Å². The molecular weight excluding hydrogens is 326 g/mol. The van der Waals surface area contributed by atoms with Gasteiger partial charge in [-0.2, -0.15) is 0 Å². The van der Waals surface area contributed by atoms with Crippen molar-refractivity contribution in [3.63, 3.8) is 0 Å². The van der Waals surface area contributed by atoms with Crippen molar-refractivity contribution in [3.05, 3.63) is 84.5 Å². The highest BCUT2D eigenvalue weighted by molar-refractivity contribution is 5.92. The van der Waals surface area contributed by atoms with Gasteiger partial charge in [0.2, 0.25) is 5.91 Å². The second-order valence-electron chi connectivity index (χ2n) is 5.90. The molecule has 5 heteroatoms. The highest BCUT2D eigenvalue weighted by atomic mass is 16.5. The predicted octanol–water partition coefficient (Wildman–Crippen LogP) is 3.77. The molecule has 0 aliphatic carbocycles. The van der Waals surface area contributed by atoms with Crippen LogP contribution >= 0.6 is 0 Å². The molecule has 0 spiro atoms. The van der Waals surface area contributed by atoms with Crippen LogP contribution in [0.25, 0.3) is 11.8 Å². The largest absolute Gasteiger partial charge is 0.497 e. The van der Waals surface area contributed by atoms with Crippen molar-refractivity contribution in [2.45, 2.75) is 13.0 Å². The Morgan fingerprint density at radius 2 is 2.04 bits per heavy atom. The average Bonchev–Trinajstić information content (AvgIpc) is 3.21. The van der Waals surface area contributed by atoms with Crippen molar-refractivity contribution in [2.24, 2.45) is 0 Å². The van der Waals surface area contributed by atoms with Gasteiger partial charge in [0.15, 0.2) is 0 Å². The van der Waals surface area contributed by atoms with Gasteiger partial charge in [0, 0.05) is 24.2 Å². The van der Waals surface area contributed by atoms with Crippen molar-refractivity contribution >= 4 is 12.0 Å². The summed E-state index contributed by atoms with van der Waals surface area (Å²) < 4.78 is 7.11. The zero-order valence-electron chi connectivity index (χ0n) is 14.8. The number of ether oxygens (including phenoxy) is 1. The van der Waals surface area contributed by atoms with Crippen LogP contribution in [0.15, 0.2) is 73.3 Å². The van der Waals surface area contributed by atoms with Crippen LogP contribution in [0.5, 0.6) is 5.75 Å². The molecule has 0 saturated heterocycles. The second-order valence-corrected chi connectivity index (χ2v) is 5.90. The Bertz CT molecular complexity index is 884. The molecule has 1 unspecified atom stereocenters. The monoisotopic (exact) mass is 347 g/mol. The molecule has 26 heavy (non-hydrogen) atoms. The van der Waals surface area contributed by atoms with Crippen LogP contribution in [-0.2, 0) is 4.79 Å². The molecule has 5 nitrogen and oxygen atoms in total. The number of nitrogens with one attached hydrogen (secondary N) is 1. The molecule has 0 saturated carbocycles. The molecule has 1 amide bonds. The summed E-state index contributed by atoms with van der Waals surface area (Å²) in [4.78, 5) is 16.2. The van der Waals surface area contributed by atoms with Gasteiger partial charge >= 0.3 is 0 Å².